The van der Waals surface area contributed by atoms with E-state index in [2.05, 4.69) is 10.2 Å². The fourth-order valence-electron chi connectivity index (χ4n) is 1.99. The molecule has 3 nitrogen and oxygen atoms in total. The van der Waals surface area contributed by atoms with E-state index in [1.807, 2.05) is 48.5 Å². The number of fused-ring (bicyclic) bond motifs is 1. The molecule has 0 aliphatic carbocycles. The van der Waals surface area contributed by atoms with Crippen LogP contribution in [-0.2, 0) is 0 Å². The van der Waals surface area contributed by atoms with Crippen LogP contribution < -0.4 is 4.74 Å². The summed E-state index contributed by atoms with van der Waals surface area (Å²) in [6.45, 7) is 0. The molecule has 0 bridgehead atoms. The molecule has 0 amide bonds. The number of methoxy groups -OCH3 is 1. The van der Waals surface area contributed by atoms with E-state index in [-0.39, 0.29) is 0 Å². The van der Waals surface area contributed by atoms with Gasteiger partial charge in [0.2, 0.25) is 0 Å². The Morgan fingerprint density at radius 1 is 1.00 bits per heavy atom. The molecule has 0 fully saturated rings. The number of ether oxygens (including phenoxy) is 1. The second-order valence-electron chi connectivity index (χ2n) is 4.01. The highest BCUT2D eigenvalue weighted by atomic mass is 16.5. The molecule has 0 unspecified atom stereocenters. The molecule has 1 aromatic heterocycles. The molecule has 0 radical (unpaired) electrons. The average Bonchev–Trinajstić information content (AvgIpc) is 2.47. The van der Waals surface area contributed by atoms with Crippen LogP contribution in [-0.4, -0.2) is 17.3 Å². The van der Waals surface area contributed by atoms with Gasteiger partial charge in [-0.2, -0.15) is 5.10 Å². The van der Waals surface area contributed by atoms with Crippen molar-refractivity contribution in [2.24, 2.45) is 0 Å². The zero-order valence-corrected chi connectivity index (χ0v) is 10.00. The van der Waals surface area contributed by atoms with Crippen LogP contribution in [0.1, 0.15) is 0 Å². The summed E-state index contributed by atoms with van der Waals surface area (Å²) in [6, 6.07) is 16.0. The third kappa shape index (κ3) is 1.80. The molecule has 1 heterocycles. The van der Waals surface area contributed by atoms with Crippen LogP contribution >= 0.6 is 0 Å². The van der Waals surface area contributed by atoms with Gasteiger partial charge in [0.25, 0.3) is 0 Å². The fraction of sp³-hybridized carbons (Fsp3) is 0.0667. The Labute approximate surface area is 105 Å². The zero-order chi connectivity index (χ0) is 12.4. The lowest BCUT2D eigenvalue weighted by Crippen LogP contribution is -1.90. The fourth-order valence-corrected chi connectivity index (χ4v) is 1.99. The predicted octanol–water partition coefficient (Wildman–Crippen LogP) is 3.31. The van der Waals surface area contributed by atoms with Crippen molar-refractivity contribution in [1.29, 1.82) is 0 Å². The highest BCUT2D eigenvalue weighted by molar-refractivity contribution is 5.94. The number of hydrogen-bond acceptors (Lipinski definition) is 3. The van der Waals surface area contributed by atoms with Gasteiger partial charge in [0.15, 0.2) is 0 Å². The molecule has 0 N–H and O–H groups in total. The van der Waals surface area contributed by atoms with Gasteiger partial charge in [-0.1, -0.05) is 30.3 Å². The lowest BCUT2D eigenvalue weighted by Gasteiger charge is -2.06. The lowest BCUT2D eigenvalue weighted by molar-refractivity contribution is 0.415. The van der Waals surface area contributed by atoms with Crippen LogP contribution in [0.2, 0.25) is 0 Å². The maximum Gasteiger partial charge on any atom is 0.119 e. The van der Waals surface area contributed by atoms with Crippen LogP contribution in [0.3, 0.4) is 0 Å². The van der Waals surface area contributed by atoms with E-state index in [9.17, 15) is 0 Å². The monoisotopic (exact) mass is 236 g/mol. The normalized spacial score (nSPS) is 10.5. The number of rotatable bonds is 2. The van der Waals surface area contributed by atoms with E-state index < -0.39 is 0 Å². The molecule has 88 valence electrons. The van der Waals surface area contributed by atoms with Crippen molar-refractivity contribution in [2.45, 2.75) is 0 Å². The smallest absolute Gasteiger partial charge is 0.119 e. The standard InChI is InChI=1S/C15H12N2O/c1-18-13-8-7-12-10-16-17-15(14(12)9-13)11-5-3-2-4-6-11/h2-10H,1H3. The molecule has 18 heavy (non-hydrogen) atoms. The predicted molar refractivity (Wildman–Crippen MR) is 71.5 cm³/mol. The molecule has 0 aliphatic rings. The van der Waals surface area contributed by atoms with Crippen LogP contribution in [0, 0.1) is 0 Å². The molecule has 3 heteroatoms. The quantitative estimate of drug-likeness (QED) is 0.684. The van der Waals surface area contributed by atoms with Gasteiger partial charge in [-0.3, -0.25) is 0 Å². The molecule has 0 spiro atoms. The first kappa shape index (κ1) is 10.7. The summed E-state index contributed by atoms with van der Waals surface area (Å²) in [4.78, 5) is 0. The third-order valence-corrected chi connectivity index (χ3v) is 2.92. The number of benzene rings is 2. The van der Waals surface area contributed by atoms with Crippen molar-refractivity contribution in [1.82, 2.24) is 10.2 Å². The topological polar surface area (TPSA) is 35.0 Å². The summed E-state index contributed by atoms with van der Waals surface area (Å²) in [6.07, 6.45) is 1.77. The van der Waals surface area contributed by atoms with Crippen molar-refractivity contribution in [3.8, 4) is 17.0 Å². The van der Waals surface area contributed by atoms with E-state index in [1.165, 1.54) is 0 Å². The molecular weight excluding hydrogens is 224 g/mol. The highest BCUT2D eigenvalue weighted by Gasteiger charge is 2.06. The summed E-state index contributed by atoms with van der Waals surface area (Å²) in [5.74, 6) is 0.827. The Balaban J connectivity index is 2.29. The summed E-state index contributed by atoms with van der Waals surface area (Å²) in [5.41, 5.74) is 1.94. The van der Waals surface area contributed by atoms with Gasteiger partial charge >= 0.3 is 0 Å². The van der Waals surface area contributed by atoms with Crippen molar-refractivity contribution in [3.05, 3.63) is 54.7 Å². The first-order valence-corrected chi connectivity index (χ1v) is 5.73. The molecular formula is C15H12N2O. The number of nitrogens with zero attached hydrogens (tertiary/aromatic N) is 2. The molecule has 3 rings (SSSR count). The number of aromatic nitrogens is 2. The third-order valence-electron chi connectivity index (χ3n) is 2.92. The first-order valence-electron chi connectivity index (χ1n) is 5.73. The minimum atomic E-state index is 0.827. The maximum absolute atomic E-state index is 5.26. The van der Waals surface area contributed by atoms with Crippen LogP contribution in [0.25, 0.3) is 22.0 Å². The van der Waals surface area contributed by atoms with E-state index in [1.54, 1.807) is 13.3 Å². The van der Waals surface area contributed by atoms with E-state index in [0.29, 0.717) is 0 Å². The minimum absolute atomic E-state index is 0.827. The van der Waals surface area contributed by atoms with E-state index >= 15 is 0 Å². The van der Waals surface area contributed by atoms with Crippen molar-refractivity contribution in [3.63, 3.8) is 0 Å². The Morgan fingerprint density at radius 2 is 1.83 bits per heavy atom. The van der Waals surface area contributed by atoms with Gasteiger partial charge in [-0.25, -0.2) is 0 Å². The van der Waals surface area contributed by atoms with Gasteiger partial charge in [-0.05, 0) is 18.2 Å². The Morgan fingerprint density at radius 3 is 2.61 bits per heavy atom. The SMILES string of the molecule is COc1ccc2cnnc(-c3ccccc3)c2c1. The van der Waals surface area contributed by atoms with Gasteiger partial charge < -0.3 is 4.74 Å². The summed E-state index contributed by atoms with van der Waals surface area (Å²) in [5, 5.41) is 10.4. The first-order chi connectivity index (χ1) is 8.88. The van der Waals surface area contributed by atoms with Gasteiger partial charge in [0.1, 0.15) is 11.4 Å². The van der Waals surface area contributed by atoms with Crippen LogP contribution in [0.4, 0.5) is 0 Å². The summed E-state index contributed by atoms with van der Waals surface area (Å²) < 4.78 is 5.26. The van der Waals surface area contributed by atoms with Crippen molar-refractivity contribution < 1.29 is 4.74 Å². The maximum atomic E-state index is 5.26. The zero-order valence-electron chi connectivity index (χ0n) is 10.00. The average molecular weight is 236 g/mol. The molecule has 0 aliphatic heterocycles. The highest BCUT2D eigenvalue weighted by Crippen LogP contribution is 2.28. The van der Waals surface area contributed by atoms with Gasteiger partial charge in [0.05, 0.1) is 13.3 Å². The molecule has 3 aromatic rings. The lowest BCUT2D eigenvalue weighted by atomic mass is 10.1. The summed E-state index contributed by atoms with van der Waals surface area (Å²) >= 11 is 0. The van der Waals surface area contributed by atoms with Crippen molar-refractivity contribution in [2.75, 3.05) is 7.11 Å². The molecule has 0 saturated carbocycles. The molecule has 0 saturated heterocycles. The second kappa shape index (κ2) is 4.45. The Kier molecular flexibility index (Phi) is 2.65. The largest absolute Gasteiger partial charge is 0.497 e. The minimum Gasteiger partial charge on any atom is -0.497 e. The van der Waals surface area contributed by atoms with Gasteiger partial charge in [0, 0.05) is 16.3 Å². The van der Waals surface area contributed by atoms with E-state index in [4.69, 9.17) is 4.74 Å². The van der Waals surface area contributed by atoms with Crippen LogP contribution in [0.15, 0.2) is 54.7 Å². The Hall–Kier alpha value is -2.42. The number of hydrogen-bond donors (Lipinski definition) is 0. The Bertz CT molecular complexity index is 680. The summed E-state index contributed by atoms with van der Waals surface area (Å²) in [7, 11) is 1.66. The molecule has 0 atom stereocenters. The van der Waals surface area contributed by atoms with E-state index in [0.717, 1.165) is 27.8 Å². The molecule has 2 aromatic carbocycles. The van der Waals surface area contributed by atoms with Gasteiger partial charge in [-0.15, -0.1) is 5.10 Å². The second-order valence-corrected chi connectivity index (χ2v) is 4.01. The van der Waals surface area contributed by atoms with Crippen LogP contribution in [0.5, 0.6) is 5.75 Å². The van der Waals surface area contributed by atoms with Crippen molar-refractivity contribution >= 4 is 10.8 Å².